The van der Waals surface area contributed by atoms with E-state index in [-0.39, 0.29) is 0 Å². The van der Waals surface area contributed by atoms with Crippen LogP contribution in [0.3, 0.4) is 0 Å². The van der Waals surface area contributed by atoms with Gasteiger partial charge in [-0.2, -0.15) is 0 Å². The summed E-state index contributed by atoms with van der Waals surface area (Å²) < 4.78 is 0. The van der Waals surface area contributed by atoms with Crippen LogP contribution in [0, 0.1) is 0 Å². The van der Waals surface area contributed by atoms with Gasteiger partial charge in [-0.3, -0.25) is 5.01 Å². The van der Waals surface area contributed by atoms with E-state index in [1.165, 1.54) is 0 Å². The number of benzene rings is 1. The molecule has 0 atom stereocenters. The van der Waals surface area contributed by atoms with E-state index in [9.17, 15) is 0 Å². The first-order valence-electron chi connectivity index (χ1n) is 4.31. The van der Waals surface area contributed by atoms with Crippen LogP contribution in [0.2, 0.25) is 5.02 Å². The fourth-order valence-corrected chi connectivity index (χ4v) is 1.59. The summed E-state index contributed by atoms with van der Waals surface area (Å²) in [6, 6.07) is 7.83. The van der Waals surface area contributed by atoms with Crippen molar-refractivity contribution in [2.24, 2.45) is 0 Å². The van der Waals surface area contributed by atoms with Crippen LogP contribution >= 0.6 is 11.6 Å². The summed E-state index contributed by atoms with van der Waals surface area (Å²) in [5, 5.41) is 2.83. The molecule has 0 bridgehead atoms. The van der Waals surface area contributed by atoms with Crippen molar-refractivity contribution < 1.29 is 0 Å². The van der Waals surface area contributed by atoms with Crippen molar-refractivity contribution in [1.82, 2.24) is 5.43 Å². The van der Waals surface area contributed by atoms with Crippen LogP contribution in [0.25, 0.3) is 0 Å². The summed E-state index contributed by atoms with van der Waals surface area (Å²) in [5.74, 6) is 0. The molecule has 3 heteroatoms. The van der Waals surface area contributed by atoms with Crippen molar-refractivity contribution in [3.8, 4) is 0 Å². The molecule has 0 amide bonds. The fraction of sp³-hybridized carbons (Fsp3) is 0.200. The molecule has 0 fully saturated rings. The number of hydrazine groups is 1. The number of halogens is 1. The average molecular weight is 195 g/mol. The van der Waals surface area contributed by atoms with E-state index in [0.29, 0.717) is 0 Å². The molecular formula is C10H11ClN2. The highest BCUT2D eigenvalue weighted by Crippen LogP contribution is 2.24. The van der Waals surface area contributed by atoms with Gasteiger partial charge in [0.2, 0.25) is 0 Å². The van der Waals surface area contributed by atoms with E-state index in [1.54, 1.807) is 0 Å². The van der Waals surface area contributed by atoms with Gasteiger partial charge in [-0.05, 0) is 18.6 Å². The van der Waals surface area contributed by atoms with Gasteiger partial charge < -0.3 is 5.43 Å². The molecule has 1 aliphatic heterocycles. The number of rotatable bonds is 1. The summed E-state index contributed by atoms with van der Waals surface area (Å²) in [6.45, 7) is 0.959. The second-order valence-corrected chi connectivity index (χ2v) is 3.33. The van der Waals surface area contributed by atoms with Gasteiger partial charge in [-0.15, -0.1) is 0 Å². The molecule has 2 rings (SSSR count). The smallest absolute Gasteiger partial charge is 0.0758 e. The summed E-state index contributed by atoms with van der Waals surface area (Å²) in [5.41, 5.74) is 4.18. The van der Waals surface area contributed by atoms with Gasteiger partial charge in [0.1, 0.15) is 0 Å². The van der Waals surface area contributed by atoms with Crippen molar-refractivity contribution in [1.29, 1.82) is 0 Å². The first-order chi connectivity index (χ1) is 6.38. The SMILES string of the molecule is Clc1ccccc1N1CCC=CN1. The van der Waals surface area contributed by atoms with Crippen molar-refractivity contribution in [2.45, 2.75) is 6.42 Å². The molecule has 0 aliphatic carbocycles. The Kier molecular flexibility index (Phi) is 2.41. The molecule has 1 N–H and O–H groups in total. The third kappa shape index (κ3) is 1.78. The molecule has 1 aromatic rings. The Morgan fingerprint density at radius 1 is 1.31 bits per heavy atom. The zero-order valence-corrected chi connectivity index (χ0v) is 7.96. The minimum atomic E-state index is 0.783. The van der Waals surface area contributed by atoms with E-state index in [4.69, 9.17) is 11.6 Å². The lowest BCUT2D eigenvalue weighted by molar-refractivity contribution is 0.702. The van der Waals surface area contributed by atoms with Crippen LogP contribution in [0.5, 0.6) is 0 Å². The molecule has 0 saturated heterocycles. The summed E-state index contributed by atoms with van der Waals surface area (Å²) in [6.07, 6.45) is 5.10. The molecule has 1 aromatic carbocycles. The van der Waals surface area contributed by atoms with Gasteiger partial charge in [-0.1, -0.05) is 29.8 Å². The zero-order valence-electron chi connectivity index (χ0n) is 7.20. The molecule has 0 radical (unpaired) electrons. The standard InChI is InChI=1S/C10H11ClN2/c11-9-5-1-2-6-10(9)13-8-4-3-7-12-13/h1-3,5-7,12H,4,8H2. The molecule has 13 heavy (non-hydrogen) atoms. The first kappa shape index (κ1) is 8.45. The topological polar surface area (TPSA) is 15.3 Å². The monoisotopic (exact) mass is 194 g/mol. The Labute approximate surface area is 82.8 Å². The number of hydrogen-bond acceptors (Lipinski definition) is 2. The average Bonchev–Trinajstić information content (AvgIpc) is 2.20. The largest absolute Gasteiger partial charge is 0.306 e. The van der Waals surface area contributed by atoms with Gasteiger partial charge in [0.15, 0.2) is 0 Å². The highest BCUT2D eigenvalue weighted by molar-refractivity contribution is 6.33. The minimum Gasteiger partial charge on any atom is -0.306 e. The quantitative estimate of drug-likeness (QED) is 0.739. The van der Waals surface area contributed by atoms with Crippen molar-refractivity contribution in [3.63, 3.8) is 0 Å². The molecule has 68 valence electrons. The number of hydrogen-bond donors (Lipinski definition) is 1. The molecule has 0 spiro atoms. The van der Waals surface area contributed by atoms with Crippen molar-refractivity contribution >= 4 is 17.3 Å². The second kappa shape index (κ2) is 3.71. The number of para-hydroxylation sites is 1. The van der Waals surface area contributed by atoms with E-state index in [0.717, 1.165) is 23.7 Å². The van der Waals surface area contributed by atoms with E-state index < -0.39 is 0 Å². The molecule has 1 aliphatic rings. The van der Waals surface area contributed by atoms with E-state index in [2.05, 4.69) is 11.5 Å². The zero-order chi connectivity index (χ0) is 9.10. The molecule has 0 aromatic heterocycles. The molecule has 0 unspecified atom stereocenters. The first-order valence-corrected chi connectivity index (χ1v) is 4.69. The lowest BCUT2D eigenvalue weighted by Gasteiger charge is -2.27. The Morgan fingerprint density at radius 2 is 2.15 bits per heavy atom. The predicted octanol–water partition coefficient (Wildman–Crippen LogP) is 2.57. The maximum absolute atomic E-state index is 6.05. The molecular weight excluding hydrogens is 184 g/mol. The highest BCUT2D eigenvalue weighted by atomic mass is 35.5. The Morgan fingerprint density at radius 3 is 2.85 bits per heavy atom. The van der Waals surface area contributed by atoms with Crippen LogP contribution in [0.15, 0.2) is 36.5 Å². The maximum atomic E-state index is 6.05. The minimum absolute atomic E-state index is 0.783. The van der Waals surface area contributed by atoms with Crippen molar-refractivity contribution in [3.05, 3.63) is 41.6 Å². The van der Waals surface area contributed by atoms with Gasteiger partial charge in [-0.25, -0.2) is 0 Å². The lowest BCUT2D eigenvalue weighted by atomic mass is 10.3. The summed E-state index contributed by atoms with van der Waals surface area (Å²) in [7, 11) is 0. The van der Waals surface area contributed by atoms with Gasteiger partial charge in [0.05, 0.1) is 10.7 Å². The van der Waals surface area contributed by atoms with Gasteiger partial charge in [0, 0.05) is 12.7 Å². The summed E-state index contributed by atoms with van der Waals surface area (Å²) in [4.78, 5) is 0. The molecule has 0 saturated carbocycles. The highest BCUT2D eigenvalue weighted by Gasteiger charge is 2.08. The maximum Gasteiger partial charge on any atom is 0.0758 e. The van der Waals surface area contributed by atoms with Crippen LogP contribution in [-0.4, -0.2) is 6.54 Å². The Balaban J connectivity index is 2.24. The number of anilines is 1. The number of nitrogens with zero attached hydrogens (tertiary/aromatic N) is 1. The fourth-order valence-electron chi connectivity index (χ4n) is 1.35. The summed E-state index contributed by atoms with van der Waals surface area (Å²) >= 11 is 6.05. The lowest BCUT2D eigenvalue weighted by Crippen LogP contribution is -2.37. The third-order valence-electron chi connectivity index (χ3n) is 2.01. The number of nitrogens with one attached hydrogen (secondary N) is 1. The van der Waals surface area contributed by atoms with E-state index in [1.807, 2.05) is 35.5 Å². The van der Waals surface area contributed by atoms with Gasteiger partial charge >= 0.3 is 0 Å². The normalized spacial score (nSPS) is 15.6. The van der Waals surface area contributed by atoms with Crippen LogP contribution in [0.1, 0.15) is 6.42 Å². The molecule has 1 heterocycles. The second-order valence-electron chi connectivity index (χ2n) is 2.92. The Bertz CT molecular complexity index is 322. The predicted molar refractivity (Wildman–Crippen MR) is 55.7 cm³/mol. The van der Waals surface area contributed by atoms with E-state index >= 15 is 0 Å². The van der Waals surface area contributed by atoms with Crippen LogP contribution in [-0.2, 0) is 0 Å². The van der Waals surface area contributed by atoms with Crippen LogP contribution < -0.4 is 10.4 Å². The van der Waals surface area contributed by atoms with Crippen LogP contribution in [0.4, 0.5) is 5.69 Å². The Hall–Kier alpha value is -1.15. The molecule has 2 nitrogen and oxygen atoms in total. The van der Waals surface area contributed by atoms with Crippen molar-refractivity contribution in [2.75, 3.05) is 11.6 Å². The van der Waals surface area contributed by atoms with Gasteiger partial charge in [0.25, 0.3) is 0 Å². The third-order valence-corrected chi connectivity index (χ3v) is 2.33.